The van der Waals surface area contributed by atoms with Gasteiger partial charge in [-0.25, -0.2) is 4.79 Å². The second-order valence-electron chi connectivity index (χ2n) is 5.53. The van der Waals surface area contributed by atoms with Crippen molar-refractivity contribution in [1.82, 2.24) is 5.32 Å². The zero-order chi connectivity index (χ0) is 13.9. The summed E-state index contributed by atoms with van der Waals surface area (Å²) in [6, 6.07) is 5.99. The van der Waals surface area contributed by atoms with Crippen LogP contribution in [0.1, 0.15) is 25.7 Å². The van der Waals surface area contributed by atoms with Crippen LogP contribution in [0.25, 0.3) is 0 Å². The molecule has 1 heterocycles. The Hall–Kier alpha value is -1.91. The Morgan fingerprint density at radius 3 is 2.95 bits per heavy atom. The quantitative estimate of drug-likeness (QED) is 0.872. The van der Waals surface area contributed by atoms with E-state index in [0.29, 0.717) is 12.6 Å². The molecule has 0 radical (unpaired) electrons. The lowest BCUT2D eigenvalue weighted by Gasteiger charge is -2.28. The third-order valence-electron chi connectivity index (χ3n) is 4.00. The van der Waals surface area contributed by atoms with Gasteiger partial charge in [0.1, 0.15) is 12.4 Å². The lowest BCUT2D eigenvalue weighted by atomic mass is 10.2. The minimum absolute atomic E-state index is 0.124. The Kier molecular flexibility index (Phi) is 3.67. The summed E-state index contributed by atoms with van der Waals surface area (Å²) in [5.41, 5.74) is 1.84. The number of benzene rings is 1. The fourth-order valence-electron chi connectivity index (χ4n) is 2.86. The molecule has 108 valence electrons. The topological polar surface area (TPSA) is 53.6 Å². The Morgan fingerprint density at radius 2 is 2.15 bits per heavy atom. The number of ether oxygens (including phenoxy) is 1. The fraction of sp³-hybridized carbons (Fsp3) is 0.533. The zero-order valence-electron chi connectivity index (χ0n) is 11.8. The van der Waals surface area contributed by atoms with Crippen LogP contribution in [0.4, 0.5) is 16.2 Å². The van der Waals surface area contributed by atoms with E-state index in [1.807, 2.05) is 25.2 Å². The van der Waals surface area contributed by atoms with Gasteiger partial charge < -0.3 is 20.3 Å². The molecule has 1 aliphatic heterocycles. The van der Waals surface area contributed by atoms with Crippen molar-refractivity contribution in [2.24, 2.45) is 0 Å². The van der Waals surface area contributed by atoms with E-state index in [4.69, 9.17) is 4.74 Å². The number of hydrogen-bond acceptors (Lipinski definition) is 3. The van der Waals surface area contributed by atoms with E-state index in [1.165, 1.54) is 12.8 Å². The van der Waals surface area contributed by atoms with Gasteiger partial charge in [0.15, 0.2) is 0 Å². The van der Waals surface area contributed by atoms with Crippen LogP contribution < -0.4 is 20.3 Å². The Balaban J connectivity index is 1.64. The van der Waals surface area contributed by atoms with Crippen molar-refractivity contribution in [3.05, 3.63) is 18.2 Å². The average molecular weight is 275 g/mol. The molecule has 0 saturated heterocycles. The maximum absolute atomic E-state index is 11.9. The molecule has 5 nitrogen and oxygen atoms in total. The summed E-state index contributed by atoms with van der Waals surface area (Å²) in [6.07, 6.45) is 4.60. The number of carbonyl (C=O) groups excluding carboxylic acids is 1. The molecule has 0 aromatic heterocycles. The molecule has 1 fully saturated rings. The highest BCUT2D eigenvalue weighted by Gasteiger charge is 2.18. The van der Waals surface area contributed by atoms with Gasteiger partial charge in [-0.2, -0.15) is 0 Å². The van der Waals surface area contributed by atoms with Crippen molar-refractivity contribution in [1.29, 1.82) is 0 Å². The van der Waals surface area contributed by atoms with Gasteiger partial charge in [0.25, 0.3) is 0 Å². The molecule has 0 unspecified atom stereocenters. The lowest BCUT2D eigenvalue weighted by molar-refractivity contribution is 0.248. The van der Waals surface area contributed by atoms with Crippen molar-refractivity contribution in [3.8, 4) is 5.75 Å². The number of carbonyl (C=O) groups is 1. The van der Waals surface area contributed by atoms with E-state index in [1.54, 1.807) is 0 Å². The first-order chi connectivity index (χ1) is 9.72. The second kappa shape index (κ2) is 5.61. The van der Waals surface area contributed by atoms with E-state index in [-0.39, 0.29) is 6.03 Å². The number of fused-ring (bicyclic) bond motifs is 1. The van der Waals surface area contributed by atoms with Crippen LogP contribution in [0.2, 0.25) is 0 Å². The van der Waals surface area contributed by atoms with Crippen molar-refractivity contribution >= 4 is 17.4 Å². The second-order valence-corrected chi connectivity index (χ2v) is 5.53. The van der Waals surface area contributed by atoms with Crippen LogP contribution in [0, 0.1) is 0 Å². The number of nitrogens with zero attached hydrogens (tertiary/aromatic N) is 1. The van der Waals surface area contributed by atoms with Crippen molar-refractivity contribution in [2.75, 3.05) is 30.4 Å². The molecule has 2 amide bonds. The number of rotatable bonds is 2. The predicted octanol–water partition coefficient (Wildman–Crippen LogP) is 2.58. The van der Waals surface area contributed by atoms with Crippen LogP contribution in [-0.4, -0.2) is 32.3 Å². The van der Waals surface area contributed by atoms with E-state index in [9.17, 15) is 4.79 Å². The first-order valence-electron chi connectivity index (χ1n) is 7.28. The molecule has 0 atom stereocenters. The van der Waals surface area contributed by atoms with Crippen LogP contribution in [0.5, 0.6) is 5.75 Å². The van der Waals surface area contributed by atoms with Crippen molar-refractivity contribution < 1.29 is 9.53 Å². The third-order valence-corrected chi connectivity index (χ3v) is 4.00. The predicted molar refractivity (Wildman–Crippen MR) is 79.6 cm³/mol. The average Bonchev–Trinajstić information content (AvgIpc) is 2.91. The summed E-state index contributed by atoms with van der Waals surface area (Å²) in [7, 11) is 2.04. The Morgan fingerprint density at radius 1 is 1.35 bits per heavy atom. The van der Waals surface area contributed by atoms with Gasteiger partial charge in [-0.1, -0.05) is 12.8 Å². The molecule has 20 heavy (non-hydrogen) atoms. The molecule has 1 aliphatic carbocycles. The largest absolute Gasteiger partial charge is 0.489 e. The van der Waals surface area contributed by atoms with Gasteiger partial charge in [-0.3, -0.25) is 0 Å². The highest BCUT2D eigenvalue weighted by Crippen LogP contribution is 2.33. The highest BCUT2D eigenvalue weighted by molar-refractivity contribution is 5.90. The number of anilines is 2. The lowest BCUT2D eigenvalue weighted by Crippen LogP contribution is -2.36. The number of urea groups is 1. The molecule has 2 N–H and O–H groups in total. The van der Waals surface area contributed by atoms with Crippen LogP contribution in [0.15, 0.2) is 18.2 Å². The zero-order valence-corrected chi connectivity index (χ0v) is 11.8. The third kappa shape index (κ3) is 2.81. The summed E-state index contributed by atoms with van der Waals surface area (Å²) >= 11 is 0. The summed E-state index contributed by atoms with van der Waals surface area (Å²) in [5.74, 6) is 0.831. The van der Waals surface area contributed by atoms with E-state index >= 15 is 0 Å². The minimum atomic E-state index is -0.124. The summed E-state index contributed by atoms with van der Waals surface area (Å²) < 4.78 is 5.64. The van der Waals surface area contributed by atoms with Crippen molar-refractivity contribution in [2.45, 2.75) is 31.7 Å². The number of nitrogens with one attached hydrogen (secondary N) is 2. The smallest absolute Gasteiger partial charge is 0.319 e. The molecule has 0 spiro atoms. The van der Waals surface area contributed by atoms with E-state index in [0.717, 1.165) is 36.5 Å². The molecule has 1 aromatic carbocycles. The molecular formula is C15H21N3O2. The monoisotopic (exact) mass is 275 g/mol. The van der Waals surface area contributed by atoms with E-state index < -0.39 is 0 Å². The summed E-state index contributed by atoms with van der Waals surface area (Å²) in [5, 5.41) is 5.90. The fourth-order valence-corrected chi connectivity index (χ4v) is 2.86. The molecule has 2 aliphatic rings. The van der Waals surface area contributed by atoms with Crippen LogP contribution in [-0.2, 0) is 0 Å². The molecular weight excluding hydrogens is 254 g/mol. The number of amides is 2. The van der Waals surface area contributed by atoms with Crippen LogP contribution in [0.3, 0.4) is 0 Å². The number of likely N-dealkylation sites (N-methyl/N-ethyl adjacent to an activating group) is 1. The van der Waals surface area contributed by atoms with Gasteiger partial charge in [0.2, 0.25) is 0 Å². The summed E-state index contributed by atoms with van der Waals surface area (Å²) in [4.78, 5) is 14.1. The van der Waals surface area contributed by atoms with Gasteiger partial charge in [-0.15, -0.1) is 0 Å². The van der Waals surface area contributed by atoms with Gasteiger partial charge in [-0.05, 0) is 25.0 Å². The number of hydrogen-bond donors (Lipinski definition) is 2. The van der Waals surface area contributed by atoms with Gasteiger partial charge >= 0.3 is 6.03 Å². The molecule has 5 heteroatoms. The normalized spacial score (nSPS) is 18.4. The van der Waals surface area contributed by atoms with E-state index in [2.05, 4.69) is 15.5 Å². The molecule has 1 saturated carbocycles. The standard InChI is InChI=1S/C15H21N3O2/c1-18-8-9-20-14-10-12(6-7-13(14)18)17-15(19)16-11-4-2-3-5-11/h6-7,10-11H,2-5,8-9H2,1H3,(H2,16,17,19). The molecule has 0 bridgehead atoms. The Labute approximate surface area is 119 Å². The van der Waals surface area contributed by atoms with Gasteiger partial charge in [0.05, 0.1) is 12.2 Å². The molecule has 3 rings (SSSR count). The molecule has 1 aromatic rings. The first kappa shape index (κ1) is 13.1. The minimum Gasteiger partial charge on any atom is -0.489 e. The van der Waals surface area contributed by atoms with Gasteiger partial charge in [0, 0.05) is 24.8 Å². The highest BCUT2D eigenvalue weighted by atomic mass is 16.5. The first-order valence-corrected chi connectivity index (χ1v) is 7.28. The summed E-state index contributed by atoms with van der Waals surface area (Å²) in [6.45, 7) is 1.57. The maximum atomic E-state index is 11.9. The SMILES string of the molecule is CN1CCOc2cc(NC(=O)NC3CCCC3)ccc21. The maximum Gasteiger partial charge on any atom is 0.319 e. The van der Waals surface area contributed by atoms with Crippen molar-refractivity contribution in [3.63, 3.8) is 0 Å². The Bertz CT molecular complexity index is 498. The van der Waals surface area contributed by atoms with Crippen LogP contribution >= 0.6 is 0 Å².